The molecule has 1 amide bonds. The first-order valence-electron chi connectivity index (χ1n) is 8.84. The van der Waals surface area contributed by atoms with Gasteiger partial charge in [-0.25, -0.2) is 0 Å². The van der Waals surface area contributed by atoms with Gasteiger partial charge in [-0.15, -0.1) is 10.2 Å². The van der Waals surface area contributed by atoms with Crippen LogP contribution in [-0.4, -0.2) is 27.0 Å². The first-order valence-corrected chi connectivity index (χ1v) is 8.84. The van der Waals surface area contributed by atoms with E-state index in [0.717, 1.165) is 28.9 Å². The number of nitrogens with one attached hydrogen (secondary N) is 1. The number of amides is 1. The van der Waals surface area contributed by atoms with E-state index >= 15 is 0 Å². The summed E-state index contributed by atoms with van der Waals surface area (Å²) in [4.78, 5) is 12.0. The van der Waals surface area contributed by atoms with E-state index in [0.29, 0.717) is 31.7 Å². The molecule has 2 atom stereocenters. The number of carbonyl (C=O) groups excluding carboxylic acids is 1. The minimum Gasteiger partial charge on any atom is -0.466 e. The van der Waals surface area contributed by atoms with Crippen LogP contribution in [0.15, 0.2) is 40.9 Å². The van der Waals surface area contributed by atoms with Crippen LogP contribution in [0.3, 0.4) is 0 Å². The lowest BCUT2D eigenvalue weighted by Crippen LogP contribution is -2.26. The number of hydrogen-bond acceptors (Lipinski definition) is 4. The van der Waals surface area contributed by atoms with Crippen molar-refractivity contribution in [3.05, 3.63) is 53.9 Å². The minimum atomic E-state index is 0.0339. The molecule has 0 spiro atoms. The largest absolute Gasteiger partial charge is 0.466 e. The maximum Gasteiger partial charge on any atom is 0.220 e. The number of furan rings is 1. The number of aryl methyl sites for hydroxylation is 1. The zero-order chi connectivity index (χ0) is 17.2. The summed E-state index contributed by atoms with van der Waals surface area (Å²) >= 11 is 0. The molecule has 0 radical (unpaired) electrons. The SMILES string of the molecule is C[C@@H]1C[C@@H]1c1ccc(CCC(=O)NCCc2nnc3ccccn23)o1. The van der Waals surface area contributed by atoms with Crippen molar-refractivity contribution in [1.82, 2.24) is 19.9 Å². The van der Waals surface area contributed by atoms with E-state index in [1.165, 1.54) is 6.42 Å². The summed E-state index contributed by atoms with van der Waals surface area (Å²) in [5.74, 6) is 4.17. The molecule has 3 aromatic heterocycles. The molecule has 25 heavy (non-hydrogen) atoms. The average Bonchev–Trinajstić information content (AvgIpc) is 3.02. The molecule has 4 rings (SSSR count). The van der Waals surface area contributed by atoms with E-state index in [1.807, 2.05) is 34.9 Å². The fraction of sp³-hybridized carbons (Fsp3) is 0.421. The number of rotatable bonds is 7. The van der Waals surface area contributed by atoms with Crippen molar-refractivity contribution in [2.45, 2.75) is 38.5 Å². The first-order chi connectivity index (χ1) is 12.2. The normalized spacial score (nSPS) is 19.2. The Balaban J connectivity index is 1.22. The molecule has 1 N–H and O–H groups in total. The van der Waals surface area contributed by atoms with E-state index in [-0.39, 0.29) is 5.91 Å². The third-order valence-corrected chi connectivity index (χ3v) is 4.81. The molecule has 1 saturated carbocycles. The molecule has 1 fully saturated rings. The number of carbonyl (C=O) groups is 1. The summed E-state index contributed by atoms with van der Waals surface area (Å²) in [7, 11) is 0. The number of nitrogens with zero attached hydrogens (tertiary/aromatic N) is 3. The van der Waals surface area contributed by atoms with Crippen molar-refractivity contribution >= 4 is 11.6 Å². The van der Waals surface area contributed by atoms with Gasteiger partial charge in [0.2, 0.25) is 5.91 Å². The number of fused-ring (bicyclic) bond motifs is 1. The molecule has 6 nitrogen and oxygen atoms in total. The van der Waals surface area contributed by atoms with Crippen LogP contribution in [0, 0.1) is 5.92 Å². The van der Waals surface area contributed by atoms with Crippen molar-refractivity contribution in [3.63, 3.8) is 0 Å². The maximum absolute atomic E-state index is 12.0. The smallest absolute Gasteiger partial charge is 0.220 e. The number of pyridine rings is 1. The lowest BCUT2D eigenvalue weighted by molar-refractivity contribution is -0.121. The zero-order valence-corrected chi connectivity index (χ0v) is 14.3. The second-order valence-corrected chi connectivity index (χ2v) is 6.77. The Morgan fingerprint density at radius 1 is 1.28 bits per heavy atom. The molecule has 0 bridgehead atoms. The van der Waals surface area contributed by atoms with Crippen LogP contribution in [0.4, 0.5) is 0 Å². The van der Waals surface area contributed by atoms with Crippen molar-refractivity contribution in [2.24, 2.45) is 5.92 Å². The van der Waals surface area contributed by atoms with Gasteiger partial charge < -0.3 is 9.73 Å². The van der Waals surface area contributed by atoms with Crippen LogP contribution in [0.2, 0.25) is 0 Å². The molecular formula is C19H22N4O2. The van der Waals surface area contributed by atoms with Gasteiger partial charge in [-0.2, -0.15) is 0 Å². The fourth-order valence-corrected chi connectivity index (χ4v) is 3.15. The Morgan fingerprint density at radius 2 is 2.16 bits per heavy atom. The van der Waals surface area contributed by atoms with Crippen molar-refractivity contribution in [2.75, 3.05) is 6.54 Å². The summed E-state index contributed by atoms with van der Waals surface area (Å²) in [6.07, 6.45) is 4.88. The Hall–Kier alpha value is -2.63. The van der Waals surface area contributed by atoms with E-state index in [9.17, 15) is 4.79 Å². The molecule has 6 heteroatoms. The molecule has 0 unspecified atom stereocenters. The Kier molecular flexibility index (Phi) is 4.26. The molecule has 3 aromatic rings. The summed E-state index contributed by atoms with van der Waals surface area (Å²) in [6, 6.07) is 9.83. The second-order valence-electron chi connectivity index (χ2n) is 6.77. The first kappa shape index (κ1) is 15.9. The standard InChI is InChI=1S/C19H22N4O2/c1-13-12-15(13)16-7-5-14(25-16)6-8-19(24)20-10-9-18-22-21-17-4-2-3-11-23(17)18/h2-5,7,11,13,15H,6,8-10,12H2,1H3,(H,20,24)/t13-,15+/m1/s1. The van der Waals surface area contributed by atoms with Gasteiger partial charge in [-0.3, -0.25) is 9.20 Å². The molecule has 0 saturated heterocycles. The van der Waals surface area contributed by atoms with Crippen LogP contribution in [-0.2, 0) is 17.6 Å². The third kappa shape index (κ3) is 3.57. The predicted molar refractivity (Wildman–Crippen MR) is 93.3 cm³/mol. The monoisotopic (exact) mass is 338 g/mol. The van der Waals surface area contributed by atoms with Gasteiger partial charge in [-0.1, -0.05) is 13.0 Å². The second kappa shape index (κ2) is 6.70. The van der Waals surface area contributed by atoms with Crippen LogP contribution < -0.4 is 5.32 Å². The molecular weight excluding hydrogens is 316 g/mol. The molecule has 1 aliphatic carbocycles. The average molecular weight is 338 g/mol. The quantitative estimate of drug-likeness (QED) is 0.719. The van der Waals surface area contributed by atoms with Crippen molar-refractivity contribution in [3.8, 4) is 0 Å². The minimum absolute atomic E-state index is 0.0339. The lowest BCUT2D eigenvalue weighted by Gasteiger charge is -2.04. The van der Waals surface area contributed by atoms with Crippen LogP contribution >= 0.6 is 0 Å². The van der Waals surface area contributed by atoms with Crippen molar-refractivity contribution < 1.29 is 9.21 Å². The molecule has 3 heterocycles. The van der Waals surface area contributed by atoms with Gasteiger partial charge in [0.05, 0.1) is 0 Å². The highest BCUT2D eigenvalue weighted by atomic mass is 16.3. The number of aromatic nitrogens is 3. The Labute approximate surface area is 146 Å². The maximum atomic E-state index is 12.0. The molecule has 130 valence electrons. The van der Waals surface area contributed by atoms with Gasteiger partial charge in [-0.05, 0) is 36.6 Å². The third-order valence-electron chi connectivity index (χ3n) is 4.81. The Morgan fingerprint density at radius 3 is 3.00 bits per heavy atom. The van der Waals surface area contributed by atoms with Crippen LogP contribution in [0.1, 0.15) is 43.0 Å². The highest BCUT2D eigenvalue weighted by molar-refractivity contribution is 5.76. The lowest BCUT2D eigenvalue weighted by atomic mass is 10.2. The van der Waals surface area contributed by atoms with E-state index in [4.69, 9.17) is 4.42 Å². The summed E-state index contributed by atoms with van der Waals surface area (Å²) in [6.45, 7) is 2.79. The van der Waals surface area contributed by atoms with E-state index < -0.39 is 0 Å². The van der Waals surface area contributed by atoms with Crippen LogP contribution in [0.25, 0.3) is 5.65 Å². The van der Waals surface area contributed by atoms with Gasteiger partial charge in [0.1, 0.15) is 17.3 Å². The van der Waals surface area contributed by atoms with Gasteiger partial charge >= 0.3 is 0 Å². The molecule has 0 aliphatic heterocycles. The Bertz CT molecular complexity index is 882. The fourth-order valence-electron chi connectivity index (χ4n) is 3.15. The summed E-state index contributed by atoms with van der Waals surface area (Å²) in [5.41, 5.74) is 0.822. The highest BCUT2D eigenvalue weighted by Crippen LogP contribution is 2.47. The predicted octanol–water partition coefficient (Wildman–Crippen LogP) is 2.74. The van der Waals surface area contributed by atoms with E-state index in [2.05, 4.69) is 28.5 Å². The van der Waals surface area contributed by atoms with Gasteiger partial charge in [0.25, 0.3) is 0 Å². The summed E-state index contributed by atoms with van der Waals surface area (Å²) < 4.78 is 7.78. The van der Waals surface area contributed by atoms with Crippen molar-refractivity contribution in [1.29, 1.82) is 0 Å². The molecule has 1 aliphatic rings. The number of hydrogen-bond donors (Lipinski definition) is 1. The summed E-state index contributed by atoms with van der Waals surface area (Å²) in [5, 5.41) is 11.2. The highest BCUT2D eigenvalue weighted by Gasteiger charge is 2.36. The topological polar surface area (TPSA) is 72.4 Å². The molecule has 0 aromatic carbocycles. The van der Waals surface area contributed by atoms with Gasteiger partial charge in [0, 0.05) is 37.9 Å². The van der Waals surface area contributed by atoms with E-state index in [1.54, 1.807) is 0 Å². The van der Waals surface area contributed by atoms with Crippen LogP contribution in [0.5, 0.6) is 0 Å². The van der Waals surface area contributed by atoms with Gasteiger partial charge in [0.15, 0.2) is 5.65 Å². The zero-order valence-electron chi connectivity index (χ0n) is 14.3.